The van der Waals surface area contributed by atoms with Crippen molar-refractivity contribution in [2.75, 3.05) is 19.5 Å². The molecule has 2 aromatic carbocycles. The molecule has 140 valence electrons. The molecule has 0 aliphatic heterocycles. The number of carbonyl (C=O) groups is 1. The number of nitrogens with one attached hydrogen (secondary N) is 1. The molecular formula is C20H18ClNO5. The number of rotatable bonds is 6. The lowest BCUT2D eigenvalue weighted by Crippen LogP contribution is -2.12. The molecule has 0 saturated carbocycles. The Labute approximate surface area is 161 Å². The zero-order chi connectivity index (χ0) is 19.4. The Bertz CT molecular complexity index is 945. The van der Waals surface area contributed by atoms with Gasteiger partial charge in [-0.05, 0) is 42.5 Å². The maximum Gasteiger partial charge on any atom is 0.255 e. The van der Waals surface area contributed by atoms with E-state index in [0.29, 0.717) is 44.9 Å². The number of anilines is 1. The smallest absolute Gasteiger partial charge is 0.255 e. The molecule has 27 heavy (non-hydrogen) atoms. The van der Waals surface area contributed by atoms with Gasteiger partial charge in [-0.25, -0.2) is 0 Å². The summed E-state index contributed by atoms with van der Waals surface area (Å²) >= 11 is 6.33. The lowest BCUT2D eigenvalue weighted by atomic mass is 10.1. The van der Waals surface area contributed by atoms with E-state index in [1.165, 1.54) is 14.2 Å². The predicted octanol–water partition coefficient (Wildman–Crippen LogP) is 4.36. The van der Waals surface area contributed by atoms with Crippen molar-refractivity contribution in [3.05, 3.63) is 64.9 Å². The molecule has 1 amide bonds. The second-order valence-electron chi connectivity index (χ2n) is 5.67. The Morgan fingerprint density at radius 2 is 1.78 bits per heavy atom. The van der Waals surface area contributed by atoms with Gasteiger partial charge in [0.05, 0.1) is 19.2 Å². The molecule has 0 bridgehead atoms. The van der Waals surface area contributed by atoms with Crippen LogP contribution in [0.25, 0.3) is 11.3 Å². The SMILES string of the molecule is COc1cc(OC)cc(C(=O)Nc2ccc(-c3ccc(CO)o3)c(Cl)c2)c1. The van der Waals surface area contributed by atoms with Crippen molar-refractivity contribution >= 4 is 23.2 Å². The van der Waals surface area contributed by atoms with Gasteiger partial charge in [0.1, 0.15) is 29.6 Å². The number of hydrogen-bond acceptors (Lipinski definition) is 5. The van der Waals surface area contributed by atoms with Gasteiger partial charge < -0.3 is 24.3 Å². The minimum absolute atomic E-state index is 0.185. The van der Waals surface area contributed by atoms with Crippen LogP contribution in [0.3, 0.4) is 0 Å². The molecule has 0 aliphatic rings. The number of hydrogen-bond donors (Lipinski definition) is 2. The molecule has 7 heteroatoms. The number of amides is 1. The van der Waals surface area contributed by atoms with Gasteiger partial charge in [-0.2, -0.15) is 0 Å². The van der Waals surface area contributed by atoms with Gasteiger partial charge in [-0.1, -0.05) is 11.6 Å². The first-order chi connectivity index (χ1) is 13.0. The highest BCUT2D eigenvalue weighted by Gasteiger charge is 2.13. The zero-order valence-corrected chi connectivity index (χ0v) is 15.5. The third-order valence-electron chi connectivity index (χ3n) is 3.92. The van der Waals surface area contributed by atoms with Crippen LogP contribution >= 0.6 is 11.6 Å². The van der Waals surface area contributed by atoms with E-state index in [1.807, 2.05) is 0 Å². The molecule has 3 aromatic rings. The van der Waals surface area contributed by atoms with Crippen molar-refractivity contribution in [1.82, 2.24) is 0 Å². The van der Waals surface area contributed by atoms with Gasteiger partial charge in [0, 0.05) is 22.9 Å². The lowest BCUT2D eigenvalue weighted by Gasteiger charge is -2.10. The molecule has 0 unspecified atom stereocenters. The van der Waals surface area contributed by atoms with Crippen LogP contribution in [0.4, 0.5) is 5.69 Å². The maximum atomic E-state index is 12.5. The van der Waals surface area contributed by atoms with Crippen molar-refractivity contribution in [2.24, 2.45) is 0 Å². The topological polar surface area (TPSA) is 80.9 Å². The van der Waals surface area contributed by atoms with Crippen LogP contribution in [0.2, 0.25) is 5.02 Å². The van der Waals surface area contributed by atoms with Crippen molar-refractivity contribution < 1.29 is 23.8 Å². The molecule has 0 saturated heterocycles. The number of aliphatic hydroxyl groups is 1. The van der Waals surface area contributed by atoms with Gasteiger partial charge in [-0.3, -0.25) is 4.79 Å². The second kappa shape index (κ2) is 8.16. The summed E-state index contributed by atoms with van der Waals surface area (Å²) < 4.78 is 15.9. The van der Waals surface area contributed by atoms with Gasteiger partial charge in [0.25, 0.3) is 5.91 Å². The summed E-state index contributed by atoms with van der Waals surface area (Å²) in [5.41, 5.74) is 1.59. The molecule has 0 spiro atoms. The molecule has 1 heterocycles. The van der Waals surface area contributed by atoms with Gasteiger partial charge in [0.2, 0.25) is 0 Å². The van der Waals surface area contributed by atoms with E-state index in [-0.39, 0.29) is 12.5 Å². The summed E-state index contributed by atoms with van der Waals surface area (Å²) in [6.45, 7) is -0.185. The fraction of sp³-hybridized carbons (Fsp3) is 0.150. The average molecular weight is 388 g/mol. The van der Waals surface area contributed by atoms with Crippen molar-refractivity contribution in [1.29, 1.82) is 0 Å². The normalized spacial score (nSPS) is 10.5. The highest BCUT2D eigenvalue weighted by Crippen LogP contribution is 2.32. The van der Waals surface area contributed by atoms with E-state index in [9.17, 15) is 4.79 Å². The van der Waals surface area contributed by atoms with Gasteiger partial charge >= 0.3 is 0 Å². The van der Waals surface area contributed by atoms with E-state index in [1.54, 1.807) is 48.5 Å². The summed E-state index contributed by atoms with van der Waals surface area (Å²) in [5.74, 6) is 1.71. The third kappa shape index (κ3) is 4.24. The first-order valence-corrected chi connectivity index (χ1v) is 8.45. The van der Waals surface area contributed by atoms with Crippen LogP contribution in [0.15, 0.2) is 52.9 Å². The minimum atomic E-state index is -0.323. The predicted molar refractivity (Wildman–Crippen MR) is 103 cm³/mol. The number of benzene rings is 2. The fourth-order valence-corrected chi connectivity index (χ4v) is 2.82. The van der Waals surface area contributed by atoms with Crippen LogP contribution in [0.5, 0.6) is 11.5 Å². The molecule has 0 atom stereocenters. The molecule has 1 aromatic heterocycles. The average Bonchev–Trinajstić information content (AvgIpc) is 3.16. The minimum Gasteiger partial charge on any atom is -0.497 e. The lowest BCUT2D eigenvalue weighted by molar-refractivity contribution is 0.102. The summed E-state index contributed by atoms with van der Waals surface area (Å²) in [6.07, 6.45) is 0. The van der Waals surface area contributed by atoms with Crippen LogP contribution in [-0.2, 0) is 6.61 Å². The highest BCUT2D eigenvalue weighted by molar-refractivity contribution is 6.33. The fourth-order valence-electron chi connectivity index (χ4n) is 2.54. The monoisotopic (exact) mass is 387 g/mol. The molecule has 2 N–H and O–H groups in total. The Hall–Kier alpha value is -2.96. The Kier molecular flexibility index (Phi) is 5.69. The summed E-state index contributed by atoms with van der Waals surface area (Å²) in [5, 5.41) is 12.3. The van der Waals surface area contributed by atoms with Crippen LogP contribution < -0.4 is 14.8 Å². The largest absolute Gasteiger partial charge is 0.497 e. The van der Waals surface area contributed by atoms with Crippen LogP contribution in [0, 0.1) is 0 Å². The zero-order valence-electron chi connectivity index (χ0n) is 14.8. The van der Waals surface area contributed by atoms with Crippen LogP contribution in [-0.4, -0.2) is 25.2 Å². The van der Waals surface area contributed by atoms with E-state index in [4.69, 9.17) is 30.6 Å². The quantitative estimate of drug-likeness (QED) is 0.656. The molecular weight excluding hydrogens is 370 g/mol. The standard InChI is InChI=1S/C20H18ClNO5/c1-25-15-7-12(8-16(10-15)26-2)20(24)22-13-3-5-17(18(21)9-13)19-6-4-14(11-23)27-19/h3-10,23H,11H2,1-2H3,(H,22,24). The summed E-state index contributed by atoms with van der Waals surface area (Å²) in [6, 6.07) is 13.4. The first kappa shape index (κ1) is 18.8. The van der Waals surface area contributed by atoms with Gasteiger partial charge in [-0.15, -0.1) is 0 Å². The number of aliphatic hydroxyl groups excluding tert-OH is 1. The molecule has 6 nitrogen and oxygen atoms in total. The highest BCUT2D eigenvalue weighted by atomic mass is 35.5. The van der Waals surface area contributed by atoms with Crippen molar-refractivity contribution in [3.8, 4) is 22.8 Å². The number of carbonyl (C=O) groups excluding carboxylic acids is 1. The molecule has 0 radical (unpaired) electrons. The summed E-state index contributed by atoms with van der Waals surface area (Å²) in [7, 11) is 3.04. The van der Waals surface area contributed by atoms with E-state index in [2.05, 4.69) is 5.32 Å². The number of halogens is 1. The van der Waals surface area contributed by atoms with E-state index >= 15 is 0 Å². The third-order valence-corrected chi connectivity index (χ3v) is 4.24. The Morgan fingerprint density at radius 1 is 1.07 bits per heavy atom. The van der Waals surface area contributed by atoms with Crippen molar-refractivity contribution in [2.45, 2.75) is 6.61 Å². The maximum absolute atomic E-state index is 12.5. The van der Waals surface area contributed by atoms with Gasteiger partial charge in [0.15, 0.2) is 0 Å². The van der Waals surface area contributed by atoms with Crippen molar-refractivity contribution in [3.63, 3.8) is 0 Å². The molecule has 0 aliphatic carbocycles. The second-order valence-corrected chi connectivity index (χ2v) is 6.08. The van der Waals surface area contributed by atoms with E-state index in [0.717, 1.165) is 0 Å². The van der Waals surface area contributed by atoms with Crippen LogP contribution in [0.1, 0.15) is 16.1 Å². The van der Waals surface area contributed by atoms with E-state index < -0.39 is 0 Å². The summed E-state index contributed by atoms with van der Waals surface area (Å²) in [4.78, 5) is 12.5. The Balaban J connectivity index is 1.81. The Morgan fingerprint density at radius 3 is 2.33 bits per heavy atom. The molecule has 0 fully saturated rings. The number of furan rings is 1. The molecule has 3 rings (SSSR count). The number of ether oxygens (including phenoxy) is 2. The first-order valence-electron chi connectivity index (χ1n) is 8.08. The number of methoxy groups -OCH3 is 2.